The van der Waals surface area contributed by atoms with Gasteiger partial charge in [0.25, 0.3) is 0 Å². The first-order chi connectivity index (χ1) is 16.8. The first kappa shape index (κ1) is 40.7. The molecule has 0 rings (SSSR count). The van der Waals surface area contributed by atoms with Crippen molar-refractivity contribution >= 4 is 37.7 Å². The quantitative estimate of drug-likeness (QED) is 0.0759. The van der Waals surface area contributed by atoms with Crippen LogP contribution in [-0.4, -0.2) is 51.0 Å². The van der Waals surface area contributed by atoms with E-state index < -0.39 is 0 Å². The zero-order valence-electron chi connectivity index (χ0n) is 24.7. The predicted octanol–water partition coefficient (Wildman–Crippen LogP) is 9.28. The summed E-state index contributed by atoms with van der Waals surface area (Å²) in [6, 6.07) is 0. The molecule has 0 aromatic heterocycles. The van der Waals surface area contributed by atoms with Crippen molar-refractivity contribution in [3.63, 3.8) is 0 Å². The van der Waals surface area contributed by atoms with E-state index in [-0.39, 0.29) is 51.0 Å². The van der Waals surface area contributed by atoms with Gasteiger partial charge in [0.05, 0.1) is 0 Å². The Hall–Kier alpha value is 1.18. The molecule has 208 valence electrons. The molecule has 0 unspecified atom stereocenters. The van der Waals surface area contributed by atoms with Gasteiger partial charge in [-0.05, 0) is 0 Å². The molecular weight excluding hydrogens is 456 g/mol. The van der Waals surface area contributed by atoms with Crippen LogP contribution in [0.5, 0.6) is 0 Å². The van der Waals surface area contributed by atoms with Crippen LogP contribution in [0.15, 0.2) is 0 Å². The fourth-order valence-corrected chi connectivity index (χ4v) is 4.59. The standard InChI is InChI=1S/2C16H33O.Ca/c2*1-2-3-4-5-6-7-8-9-10-11-12-13-14-15-16-17;/h2*2-16H2,1H3;/q2*-1;+2. The molecule has 0 fully saturated rings. The normalized spacial score (nSPS) is 10.6. The van der Waals surface area contributed by atoms with Gasteiger partial charge in [-0.1, -0.05) is 194 Å². The summed E-state index contributed by atoms with van der Waals surface area (Å²) in [7, 11) is 0. The van der Waals surface area contributed by atoms with Crippen molar-refractivity contribution in [3.8, 4) is 0 Å². The van der Waals surface area contributed by atoms with Crippen molar-refractivity contribution in [2.75, 3.05) is 13.2 Å². The van der Waals surface area contributed by atoms with Crippen LogP contribution in [0.25, 0.3) is 0 Å². The third-order valence-electron chi connectivity index (χ3n) is 7.00. The molecule has 3 heteroatoms. The van der Waals surface area contributed by atoms with Crippen LogP contribution in [0, 0.1) is 0 Å². The zero-order valence-corrected chi connectivity index (χ0v) is 26.9. The van der Waals surface area contributed by atoms with Crippen molar-refractivity contribution in [1.82, 2.24) is 0 Å². The second-order valence-corrected chi connectivity index (χ2v) is 10.6. The molecule has 0 aromatic rings. The van der Waals surface area contributed by atoms with E-state index in [1.54, 1.807) is 0 Å². The maximum atomic E-state index is 10.2. The Morgan fingerprint density at radius 1 is 0.257 bits per heavy atom. The summed E-state index contributed by atoms with van der Waals surface area (Å²) in [6.07, 6.45) is 37.7. The molecule has 0 atom stereocenters. The number of hydrogen-bond acceptors (Lipinski definition) is 2. The molecule has 0 amide bonds. The molecule has 0 aliphatic heterocycles. The average molecular weight is 523 g/mol. The van der Waals surface area contributed by atoms with Crippen LogP contribution < -0.4 is 10.2 Å². The molecule has 0 saturated heterocycles. The number of rotatable bonds is 28. The third kappa shape index (κ3) is 45.5. The second-order valence-electron chi connectivity index (χ2n) is 10.6. The van der Waals surface area contributed by atoms with Crippen molar-refractivity contribution in [1.29, 1.82) is 0 Å². The molecule has 0 bridgehead atoms. The van der Waals surface area contributed by atoms with Crippen molar-refractivity contribution < 1.29 is 10.2 Å². The van der Waals surface area contributed by atoms with E-state index in [0.29, 0.717) is 0 Å². The summed E-state index contributed by atoms with van der Waals surface area (Å²) in [5.74, 6) is 0. The molecule has 0 saturated carbocycles. The Balaban J connectivity index is -0.000000569. The Morgan fingerprint density at radius 2 is 0.400 bits per heavy atom. The molecule has 2 nitrogen and oxygen atoms in total. The van der Waals surface area contributed by atoms with E-state index in [2.05, 4.69) is 13.8 Å². The van der Waals surface area contributed by atoms with Crippen molar-refractivity contribution in [2.45, 2.75) is 194 Å². The predicted molar refractivity (Wildman–Crippen MR) is 156 cm³/mol. The maximum Gasteiger partial charge on any atom is 2.00 e. The van der Waals surface area contributed by atoms with E-state index in [1.165, 1.54) is 154 Å². The Bertz CT molecular complexity index is 254. The SMILES string of the molecule is CCCCCCCCCCCCCCCC[O-].CCCCCCCCCCCCCCCC[O-].[Ca+2]. The van der Waals surface area contributed by atoms with Gasteiger partial charge in [-0.15, -0.1) is 13.2 Å². The monoisotopic (exact) mass is 522 g/mol. The van der Waals surface area contributed by atoms with Gasteiger partial charge in [0, 0.05) is 0 Å². The molecule has 0 aliphatic rings. The average Bonchev–Trinajstić information content (AvgIpc) is 2.85. The van der Waals surface area contributed by atoms with Crippen LogP contribution >= 0.6 is 0 Å². The minimum Gasteiger partial charge on any atom is -0.854 e. The van der Waals surface area contributed by atoms with Gasteiger partial charge in [0.15, 0.2) is 0 Å². The Morgan fingerprint density at radius 3 is 0.543 bits per heavy atom. The van der Waals surface area contributed by atoms with Gasteiger partial charge in [0.1, 0.15) is 0 Å². The van der Waals surface area contributed by atoms with E-state index in [0.717, 1.165) is 25.7 Å². The van der Waals surface area contributed by atoms with Crippen LogP contribution in [0.3, 0.4) is 0 Å². The Kier molecular flexibility index (Phi) is 49.1. The van der Waals surface area contributed by atoms with Gasteiger partial charge in [-0.3, -0.25) is 0 Å². The molecular formula is C32H66CaO2. The fraction of sp³-hybridized carbons (Fsp3) is 1.00. The van der Waals surface area contributed by atoms with E-state index >= 15 is 0 Å². The summed E-state index contributed by atoms with van der Waals surface area (Å²) >= 11 is 0. The van der Waals surface area contributed by atoms with Crippen LogP contribution in [0.4, 0.5) is 0 Å². The summed E-state index contributed by atoms with van der Waals surface area (Å²) in [6.45, 7) is 4.80. The summed E-state index contributed by atoms with van der Waals surface area (Å²) < 4.78 is 0. The molecule has 0 radical (unpaired) electrons. The van der Waals surface area contributed by atoms with Crippen LogP contribution in [-0.2, 0) is 0 Å². The second kappa shape index (κ2) is 42.3. The van der Waals surface area contributed by atoms with Gasteiger partial charge >= 0.3 is 37.7 Å². The van der Waals surface area contributed by atoms with Gasteiger partial charge in [-0.2, -0.15) is 0 Å². The van der Waals surface area contributed by atoms with Gasteiger partial charge in [0.2, 0.25) is 0 Å². The first-order valence-electron chi connectivity index (χ1n) is 16.0. The third-order valence-corrected chi connectivity index (χ3v) is 7.00. The number of hydrogen-bond donors (Lipinski definition) is 0. The largest absolute Gasteiger partial charge is 2.00 e. The Labute approximate surface area is 253 Å². The van der Waals surface area contributed by atoms with E-state index in [1.807, 2.05) is 0 Å². The summed E-state index contributed by atoms with van der Waals surface area (Å²) in [4.78, 5) is 0. The summed E-state index contributed by atoms with van der Waals surface area (Å²) in [5, 5.41) is 20.5. The molecule has 35 heavy (non-hydrogen) atoms. The van der Waals surface area contributed by atoms with Gasteiger partial charge in [-0.25, -0.2) is 0 Å². The van der Waals surface area contributed by atoms with E-state index in [9.17, 15) is 10.2 Å². The van der Waals surface area contributed by atoms with Crippen molar-refractivity contribution in [2.24, 2.45) is 0 Å². The van der Waals surface area contributed by atoms with Crippen LogP contribution in [0.1, 0.15) is 194 Å². The van der Waals surface area contributed by atoms with Crippen LogP contribution in [0.2, 0.25) is 0 Å². The first-order valence-corrected chi connectivity index (χ1v) is 16.0. The molecule has 0 aromatic carbocycles. The minimum absolute atomic E-state index is 0. The minimum atomic E-state index is 0. The zero-order chi connectivity index (χ0) is 25.2. The maximum absolute atomic E-state index is 10.2. The topological polar surface area (TPSA) is 46.1 Å². The van der Waals surface area contributed by atoms with Crippen molar-refractivity contribution in [3.05, 3.63) is 0 Å². The number of unbranched alkanes of at least 4 members (excludes halogenated alkanes) is 26. The molecule has 0 spiro atoms. The molecule has 0 aliphatic carbocycles. The fourth-order valence-electron chi connectivity index (χ4n) is 4.59. The van der Waals surface area contributed by atoms with Gasteiger partial charge < -0.3 is 10.2 Å². The smallest absolute Gasteiger partial charge is 0.854 e. The summed E-state index contributed by atoms with van der Waals surface area (Å²) in [5.41, 5.74) is 0. The molecule has 0 heterocycles. The van der Waals surface area contributed by atoms with E-state index in [4.69, 9.17) is 0 Å². The molecule has 0 N–H and O–H groups in total.